The van der Waals surface area contributed by atoms with Crippen LogP contribution in [0.2, 0.25) is 0 Å². The third kappa shape index (κ3) is 5.14. The molecule has 0 aliphatic heterocycles. The summed E-state index contributed by atoms with van der Waals surface area (Å²) in [5, 5.41) is 14.2. The van der Waals surface area contributed by atoms with Crippen molar-refractivity contribution in [3.8, 4) is 0 Å². The van der Waals surface area contributed by atoms with E-state index >= 15 is 0 Å². The molecule has 2 N–H and O–H groups in total. The van der Waals surface area contributed by atoms with E-state index in [4.69, 9.17) is 4.42 Å². The topological polar surface area (TPSA) is 84.6 Å². The molecule has 0 aliphatic rings. The highest BCUT2D eigenvalue weighted by molar-refractivity contribution is 7.09. The zero-order valence-electron chi connectivity index (χ0n) is 15.6. The van der Waals surface area contributed by atoms with Crippen LogP contribution in [-0.4, -0.2) is 35.8 Å². The molecule has 0 fully saturated rings. The van der Waals surface area contributed by atoms with E-state index in [1.165, 1.54) is 12.5 Å². The number of furan rings is 1. The molecule has 0 aliphatic carbocycles. The Hall–Kier alpha value is -2.43. The fourth-order valence-corrected chi connectivity index (χ4v) is 3.57. The summed E-state index contributed by atoms with van der Waals surface area (Å²) in [7, 11) is 1.28. The highest BCUT2D eigenvalue weighted by Gasteiger charge is 2.35. The Morgan fingerprint density at radius 3 is 2.79 bits per heavy atom. The molecule has 0 amide bonds. The number of alkyl halides is 3. The molecule has 0 saturated carbocycles. The Kier molecular flexibility index (Phi) is 6.25. The number of ether oxygens (including phenoxy) is 1. The van der Waals surface area contributed by atoms with E-state index in [0.717, 1.165) is 10.9 Å². The number of nitrogens with zero attached hydrogens (tertiary/aromatic N) is 1. The molecule has 10 heteroatoms. The molecular weight excluding hydrogens is 409 g/mol. The smallest absolute Gasteiger partial charge is 0.443 e. The molecule has 3 rings (SSSR count). The Labute approximate surface area is 168 Å². The Bertz CT molecular complexity index is 999. The molecule has 2 heterocycles. The second kappa shape index (κ2) is 8.52. The van der Waals surface area contributed by atoms with E-state index in [-0.39, 0.29) is 24.0 Å². The molecule has 156 valence electrons. The molecule has 0 bridgehead atoms. The normalized spacial score (nSPS) is 14.1. The molecule has 1 aromatic carbocycles. The lowest BCUT2D eigenvalue weighted by molar-refractivity contribution is -0.137. The van der Waals surface area contributed by atoms with Gasteiger partial charge in [0.25, 0.3) is 0 Å². The molecule has 0 saturated heterocycles. The highest BCUT2D eigenvalue weighted by atomic mass is 32.1. The molecule has 0 spiro atoms. The number of halogens is 3. The van der Waals surface area contributed by atoms with Crippen molar-refractivity contribution in [1.29, 1.82) is 0 Å². The van der Waals surface area contributed by atoms with Crippen LogP contribution in [0.1, 0.15) is 39.8 Å². The maximum Gasteiger partial charge on any atom is 0.443 e. The highest BCUT2D eigenvalue weighted by Crippen LogP contribution is 2.32. The Morgan fingerprint density at radius 2 is 2.14 bits per heavy atom. The summed E-state index contributed by atoms with van der Waals surface area (Å²) in [6.45, 7) is 1.97. The largest absolute Gasteiger partial charge is 0.463 e. The molecule has 2 aromatic heterocycles. The molecule has 6 nitrogen and oxygen atoms in total. The van der Waals surface area contributed by atoms with Gasteiger partial charge in [0, 0.05) is 23.4 Å². The second-order valence-electron chi connectivity index (χ2n) is 6.58. The number of hydrogen-bond donors (Lipinski definition) is 2. The van der Waals surface area contributed by atoms with Gasteiger partial charge in [0.1, 0.15) is 11.7 Å². The van der Waals surface area contributed by atoms with Crippen LogP contribution in [0, 0.1) is 0 Å². The van der Waals surface area contributed by atoms with E-state index in [1.807, 2.05) is 19.1 Å². The molecule has 2 atom stereocenters. The van der Waals surface area contributed by atoms with Crippen LogP contribution in [0.25, 0.3) is 11.0 Å². The van der Waals surface area contributed by atoms with Crippen molar-refractivity contribution in [2.24, 2.45) is 0 Å². The van der Waals surface area contributed by atoms with Crippen LogP contribution >= 0.6 is 11.3 Å². The number of benzene rings is 1. The van der Waals surface area contributed by atoms with Crippen molar-refractivity contribution in [2.75, 3.05) is 13.7 Å². The van der Waals surface area contributed by atoms with Gasteiger partial charge in [-0.15, -0.1) is 11.3 Å². The molecule has 29 heavy (non-hydrogen) atoms. The zero-order chi connectivity index (χ0) is 21.2. The summed E-state index contributed by atoms with van der Waals surface area (Å²) >= 11 is 0.463. The molecule has 0 radical (unpaired) electrons. The minimum absolute atomic E-state index is 0.00261. The number of aromatic nitrogens is 1. The first-order chi connectivity index (χ1) is 13.7. The fourth-order valence-electron chi connectivity index (χ4n) is 2.83. The van der Waals surface area contributed by atoms with E-state index in [0.29, 0.717) is 23.3 Å². The first-order valence-electron chi connectivity index (χ1n) is 8.72. The summed E-state index contributed by atoms with van der Waals surface area (Å²) in [4.78, 5) is 15.0. The van der Waals surface area contributed by atoms with Crippen molar-refractivity contribution in [3.05, 3.63) is 51.7 Å². The van der Waals surface area contributed by atoms with Gasteiger partial charge in [0.05, 0.1) is 12.8 Å². The lowest BCUT2D eigenvalue weighted by atomic mass is 10.1. The van der Waals surface area contributed by atoms with E-state index in [1.54, 1.807) is 12.1 Å². The van der Waals surface area contributed by atoms with Crippen LogP contribution in [-0.2, 0) is 17.3 Å². The zero-order valence-corrected chi connectivity index (χ0v) is 16.4. The number of methoxy groups -OCH3 is 1. The van der Waals surface area contributed by atoms with Gasteiger partial charge in [-0.1, -0.05) is 6.07 Å². The molecule has 0 unspecified atom stereocenters. The van der Waals surface area contributed by atoms with Crippen molar-refractivity contribution in [2.45, 2.75) is 31.7 Å². The van der Waals surface area contributed by atoms with Gasteiger partial charge in [-0.05, 0) is 37.1 Å². The Morgan fingerprint density at radius 1 is 1.38 bits per heavy atom. The first kappa shape index (κ1) is 21.3. The van der Waals surface area contributed by atoms with Gasteiger partial charge in [0.2, 0.25) is 5.76 Å². The van der Waals surface area contributed by atoms with Crippen molar-refractivity contribution >= 4 is 28.3 Å². The summed E-state index contributed by atoms with van der Waals surface area (Å²) < 4.78 is 47.9. The number of carbonyl (C=O) groups is 1. The third-order valence-electron chi connectivity index (χ3n) is 4.27. The maximum absolute atomic E-state index is 12.6. The molecule has 3 aromatic rings. The van der Waals surface area contributed by atoms with Crippen LogP contribution in [0.15, 0.2) is 34.1 Å². The summed E-state index contributed by atoms with van der Waals surface area (Å²) in [6, 6.07) is 7.04. The van der Waals surface area contributed by atoms with E-state index < -0.39 is 23.3 Å². The van der Waals surface area contributed by atoms with E-state index in [2.05, 4.69) is 15.0 Å². The number of carbonyl (C=O) groups excluding carboxylic acids is 1. The van der Waals surface area contributed by atoms with Gasteiger partial charge in [0.15, 0.2) is 5.01 Å². The van der Waals surface area contributed by atoms with Gasteiger partial charge < -0.3 is 19.6 Å². The minimum atomic E-state index is -4.51. The lowest BCUT2D eigenvalue weighted by Gasteiger charge is -2.16. The van der Waals surface area contributed by atoms with Crippen LogP contribution in [0.4, 0.5) is 13.2 Å². The number of aliphatic hydroxyl groups is 1. The number of fused-ring (bicyclic) bond motifs is 1. The average Bonchev–Trinajstić information content (AvgIpc) is 3.32. The summed E-state index contributed by atoms with van der Waals surface area (Å²) in [6.07, 6.45) is -5.04. The monoisotopic (exact) mass is 428 g/mol. The number of thiazole rings is 1. The van der Waals surface area contributed by atoms with Gasteiger partial charge in [-0.2, -0.15) is 13.2 Å². The van der Waals surface area contributed by atoms with Crippen molar-refractivity contribution in [1.82, 2.24) is 10.3 Å². The second-order valence-corrected chi connectivity index (χ2v) is 7.44. The number of esters is 1. The third-order valence-corrected chi connectivity index (χ3v) is 5.18. The lowest BCUT2D eigenvalue weighted by Crippen LogP contribution is -2.32. The number of hydrogen-bond acceptors (Lipinski definition) is 7. The van der Waals surface area contributed by atoms with E-state index in [9.17, 15) is 23.1 Å². The average molecular weight is 428 g/mol. The fraction of sp³-hybridized carbons (Fsp3) is 0.368. The quantitative estimate of drug-likeness (QED) is 0.555. The number of rotatable bonds is 7. The van der Waals surface area contributed by atoms with Gasteiger partial charge in [-0.25, -0.2) is 9.78 Å². The summed E-state index contributed by atoms with van der Waals surface area (Å²) in [5.41, 5.74) is 1.53. The maximum atomic E-state index is 12.6. The number of aliphatic hydroxyl groups excluding tert-OH is 1. The van der Waals surface area contributed by atoms with Crippen LogP contribution in [0.5, 0.6) is 0 Å². The standard InChI is InChI=1S/C19H19F3N2O4S/c1-10(23-8-14(25)13-9-29-18(24-13)19(20,21)22)5-11-3-4-15-12(6-11)7-16(28-15)17(26)27-2/h3-4,6-7,9-10,14,23,25H,5,8H2,1-2H3/t10-,14-/m1/s1. The van der Waals surface area contributed by atoms with Crippen molar-refractivity contribution < 1.29 is 32.2 Å². The Balaban J connectivity index is 1.58. The predicted molar refractivity (Wildman–Crippen MR) is 101 cm³/mol. The summed E-state index contributed by atoms with van der Waals surface area (Å²) in [5.74, 6) is -0.432. The van der Waals surface area contributed by atoms with Crippen molar-refractivity contribution in [3.63, 3.8) is 0 Å². The van der Waals surface area contributed by atoms with Gasteiger partial charge >= 0.3 is 12.1 Å². The number of nitrogens with one attached hydrogen (secondary N) is 1. The minimum Gasteiger partial charge on any atom is -0.463 e. The molecular formula is C19H19F3N2O4S. The predicted octanol–water partition coefficient (Wildman–Crippen LogP) is 3.95. The first-order valence-corrected chi connectivity index (χ1v) is 9.60. The van der Waals surface area contributed by atoms with Crippen LogP contribution < -0.4 is 5.32 Å². The SMILES string of the molecule is COC(=O)c1cc2cc(C[C@@H](C)NC[C@@H](O)c3csc(C(F)(F)F)n3)ccc2o1. The van der Waals surface area contributed by atoms with Crippen LogP contribution in [0.3, 0.4) is 0 Å². The van der Waals surface area contributed by atoms with Gasteiger partial charge in [-0.3, -0.25) is 0 Å².